The lowest BCUT2D eigenvalue weighted by Gasteiger charge is -2.30. The van der Waals surface area contributed by atoms with Crippen LogP contribution in [0.2, 0.25) is 0 Å². The van der Waals surface area contributed by atoms with Gasteiger partial charge in [-0.1, -0.05) is 20.8 Å². The molecule has 1 aromatic heterocycles. The Balaban J connectivity index is 1.74. The number of anilines is 1. The van der Waals surface area contributed by atoms with Crippen molar-refractivity contribution in [2.75, 3.05) is 23.7 Å². The average molecular weight is 312 g/mol. The summed E-state index contributed by atoms with van der Waals surface area (Å²) in [6.07, 6.45) is 2.70. The second-order valence-corrected chi connectivity index (χ2v) is 8.85. The number of nitrogens with zero attached hydrogens (tertiary/aromatic N) is 2. The van der Waals surface area contributed by atoms with Gasteiger partial charge in [0.05, 0.1) is 5.69 Å². The summed E-state index contributed by atoms with van der Waals surface area (Å²) in [5.74, 6) is 1.75. The van der Waals surface area contributed by atoms with Gasteiger partial charge in [-0.25, -0.2) is 4.98 Å². The fourth-order valence-electron chi connectivity index (χ4n) is 2.58. The van der Waals surface area contributed by atoms with E-state index in [0.717, 1.165) is 30.9 Å². The number of thioether (sulfide) groups is 1. The monoisotopic (exact) mass is 311 g/mol. The molecule has 3 nitrogen and oxygen atoms in total. The van der Waals surface area contributed by atoms with Gasteiger partial charge in [-0.3, -0.25) is 0 Å². The number of nitrogens with one attached hydrogen (secondary N) is 1. The first-order valence-electron chi connectivity index (χ1n) is 7.73. The van der Waals surface area contributed by atoms with Crippen molar-refractivity contribution in [3.63, 3.8) is 0 Å². The topological polar surface area (TPSA) is 28.2 Å². The summed E-state index contributed by atoms with van der Waals surface area (Å²) >= 11 is 3.99. The van der Waals surface area contributed by atoms with Crippen LogP contribution in [0.3, 0.4) is 0 Å². The highest BCUT2D eigenvalue weighted by atomic mass is 32.2. The summed E-state index contributed by atoms with van der Waals surface area (Å²) in [7, 11) is 0. The predicted octanol–water partition coefficient (Wildman–Crippen LogP) is 3.46. The van der Waals surface area contributed by atoms with Crippen LogP contribution in [0.25, 0.3) is 0 Å². The van der Waals surface area contributed by atoms with Gasteiger partial charge < -0.3 is 10.2 Å². The SMILES string of the molecule is CC1CN(c2nc(C(C)C)c(CNC3CC3)s2)CCS1. The Morgan fingerprint density at radius 3 is 2.85 bits per heavy atom. The van der Waals surface area contributed by atoms with E-state index in [1.165, 1.54) is 34.3 Å². The smallest absolute Gasteiger partial charge is 0.185 e. The van der Waals surface area contributed by atoms with Gasteiger partial charge in [0, 0.05) is 41.6 Å². The summed E-state index contributed by atoms with van der Waals surface area (Å²) in [4.78, 5) is 8.90. The maximum absolute atomic E-state index is 4.96. The molecule has 2 aliphatic rings. The molecule has 0 amide bonds. The van der Waals surface area contributed by atoms with Gasteiger partial charge in [-0.2, -0.15) is 11.8 Å². The Kier molecular flexibility index (Phi) is 4.58. The normalized spacial score (nSPS) is 23.6. The van der Waals surface area contributed by atoms with E-state index in [1.54, 1.807) is 0 Å². The fraction of sp³-hybridized carbons (Fsp3) is 0.800. The largest absolute Gasteiger partial charge is 0.346 e. The van der Waals surface area contributed by atoms with Crippen LogP contribution < -0.4 is 10.2 Å². The molecule has 1 saturated carbocycles. The van der Waals surface area contributed by atoms with Crippen LogP contribution in [0.4, 0.5) is 5.13 Å². The molecular weight excluding hydrogens is 286 g/mol. The van der Waals surface area contributed by atoms with Crippen molar-refractivity contribution >= 4 is 28.2 Å². The van der Waals surface area contributed by atoms with Gasteiger partial charge in [-0.15, -0.1) is 11.3 Å². The number of aromatic nitrogens is 1. The van der Waals surface area contributed by atoms with E-state index < -0.39 is 0 Å². The maximum atomic E-state index is 4.96. The summed E-state index contributed by atoms with van der Waals surface area (Å²) < 4.78 is 0. The standard InChI is InChI=1S/C15H25N3S2/c1-10(2)14-13(8-16-12-4-5-12)20-15(17-14)18-6-7-19-11(3)9-18/h10-12,16H,4-9H2,1-3H3. The number of hydrogen-bond donors (Lipinski definition) is 1. The Hall–Kier alpha value is -0.260. The molecule has 5 heteroatoms. The molecule has 1 N–H and O–H groups in total. The molecule has 0 spiro atoms. The second-order valence-electron chi connectivity index (χ2n) is 6.24. The number of thiazole rings is 1. The molecule has 1 aliphatic carbocycles. The summed E-state index contributed by atoms with van der Waals surface area (Å²) in [5, 5.41) is 5.61. The maximum Gasteiger partial charge on any atom is 0.185 e. The summed E-state index contributed by atoms with van der Waals surface area (Å²) in [6.45, 7) is 10.1. The Bertz CT molecular complexity index is 454. The van der Waals surface area contributed by atoms with E-state index in [4.69, 9.17) is 4.98 Å². The van der Waals surface area contributed by atoms with Crippen molar-refractivity contribution < 1.29 is 0 Å². The summed E-state index contributed by atoms with van der Waals surface area (Å²) in [6, 6.07) is 0.770. The Morgan fingerprint density at radius 1 is 1.40 bits per heavy atom. The molecular formula is C15H25N3S2. The molecule has 2 heterocycles. The summed E-state index contributed by atoms with van der Waals surface area (Å²) in [5.41, 5.74) is 1.31. The fourth-order valence-corrected chi connectivity index (χ4v) is 4.79. The molecule has 2 fully saturated rings. The van der Waals surface area contributed by atoms with E-state index in [9.17, 15) is 0 Å². The first kappa shape index (κ1) is 14.7. The van der Waals surface area contributed by atoms with Crippen molar-refractivity contribution in [3.8, 4) is 0 Å². The van der Waals surface area contributed by atoms with E-state index in [1.807, 2.05) is 11.3 Å². The molecule has 0 radical (unpaired) electrons. The van der Waals surface area contributed by atoms with Crippen molar-refractivity contribution in [1.82, 2.24) is 10.3 Å². The molecule has 1 aliphatic heterocycles. The Labute approximate surface area is 130 Å². The zero-order valence-electron chi connectivity index (χ0n) is 12.7. The molecule has 20 heavy (non-hydrogen) atoms. The van der Waals surface area contributed by atoms with Crippen molar-refractivity contribution in [2.45, 2.75) is 57.4 Å². The van der Waals surface area contributed by atoms with Crippen LogP contribution in [-0.4, -0.2) is 35.1 Å². The van der Waals surface area contributed by atoms with Crippen molar-refractivity contribution in [2.24, 2.45) is 0 Å². The second kappa shape index (κ2) is 6.24. The zero-order chi connectivity index (χ0) is 14.1. The molecule has 0 bridgehead atoms. The highest BCUT2D eigenvalue weighted by molar-refractivity contribution is 8.00. The first-order chi connectivity index (χ1) is 9.63. The van der Waals surface area contributed by atoms with Crippen LogP contribution in [0.1, 0.15) is 50.1 Å². The highest BCUT2D eigenvalue weighted by Gasteiger charge is 2.24. The van der Waals surface area contributed by atoms with Gasteiger partial charge >= 0.3 is 0 Å². The van der Waals surface area contributed by atoms with Crippen LogP contribution in [0.15, 0.2) is 0 Å². The molecule has 1 atom stereocenters. The minimum atomic E-state index is 0.521. The van der Waals surface area contributed by atoms with Gasteiger partial charge in [0.1, 0.15) is 0 Å². The molecule has 0 aromatic carbocycles. The average Bonchev–Trinajstić information content (AvgIpc) is 3.14. The van der Waals surface area contributed by atoms with Crippen molar-refractivity contribution in [1.29, 1.82) is 0 Å². The quantitative estimate of drug-likeness (QED) is 0.901. The minimum Gasteiger partial charge on any atom is -0.346 e. The first-order valence-corrected chi connectivity index (χ1v) is 9.59. The highest BCUT2D eigenvalue weighted by Crippen LogP contribution is 2.33. The zero-order valence-corrected chi connectivity index (χ0v) is 14.3. The van der Waals surface area contributed by atoms with Gasteiger partial charge in [0.25, 0.3) is 0 Å². The molecule has 1 aromatic rings. The van der Waals surface area contributed by atoms with Crippen LogP contribution in [0.5, 0.6) is 0 Å². The minimum absolute atomic E-state index is 0.521. The predicted molar refractivity (Wildman–Crippen MR) is 90.2 cm³/mol. The lowest BCUT2D eigenvalue weighted by Crippen LogP contribution is -2.36. The van der Waals surface area contributed by atoms with Gasteiger partial charge in [-0.05, 0) is 18.8 Å². The molecule has 1 saturated heterocycles. The lowest BCUT2D eigenvalue weighted by atomic mass is 10.1. The van der Waals surface area contributed by atoms with E-state index in [0.29, 0.717) is 5.92 Å². The number of rotatable bonds is 5. The number of hydrogen-bond acceptors (Lipinski definition) is 5. The third kappa shape index (κ3) is 3.49. The lowest BCUT2D eigenvalue weighted by molar-refractivity contribution is 0.680. The van der Waals surface area contributed by atoms with Crippen LogP contribution in [0, 0.1) is 0 Å². The van der Waals surface area contributed by atoms with Crippen LogP contribution in [-0.2, 0) is 6.54 Å². The molecule has 1 unspecified atom stereocenters. The Morgan fingerprint density at radius 2 is 2.20 bits per heavy atom. The molecule has 112 valence electrons. The van der Waals surface area contributed by atoms with E-state index in [2.05, 4.69) is 42.7 Å². The van der Waals surface area contributed by atoms with E-state index >= 15 is 0 Å². The third-order valence-electron chi connectivity index (χ3n) is 3.90. The van der Waals surface area contributed by atoms with E-state index in [-0.39, 0.29) is 0 Å². The van der Waals surface area contributed by atoms with Crippen LogP contribution >= 0.6 is 23.1 Å². The van der Waals surface area contributed by atoms with Gasteiger partial charge in [0.15, 0.2) is 5.13 Å². The molecule has 3 rings (SSSR count). The van der Waals surface area contributed by atoms with Crippen molar-refractivity contribution in [3.05, 3.63) is 10.6 Å². The van der Waals surface area contributed by atoms with Gasteiger partial charge in [0.2, 0.25) is 0 Å². The third-order valence-corrected chi connectivity index (χ3v) is 6.17.